The zero-order valence-electron chi connectivity index (χ0n) is 6.77. The summed E-state index contributed by atoms with van der Waals surface area (Å²) in [6.07, 6.45) is 0.458. The van der Waals surface area contributed by atoms with Crippen LogP contribution in [0, 0.1) is 11.3 Å². The third-order valence-electron chi connectivity index (χ3n) is 2.66. The first-order valence-corrected chi connectivity index (χ1v) is 3.65. The summed E-state index contributed by atoms with van der Waals surface area (Å²) in [5, 5.41) is 0. The van der Waals surface area contributed by atoms with Crippen molar-refractivity contribution in [2.75, 3.05) is 6.61 Å². The van der Waals surface area contributed by atoms with E-state index in [0.29, 0.717) is 17.4 Å². The van der Waals surface area contributed by atoms with Gasteiger partial charge in [-0.1, -0.05) is 20.8 Å². The van der Waals surface area contributed by atoms with Gasteiger partial charge in [0.1, 0.15) is 0 Å². The van der Waals surface area contributed by atoms with Gasteiger partial charge in [0.05, 0.1) is 12.7 Å². The third-order valence-corrected chi connectivity index (χ3v) is 2.66. The molecule has 0 aromatic heterocycles. The highest BCUT2D eigenvalue weighted by atomic mass is 16.5. The van der Waals surface area contributed by atoms with Gasteiger partial charge in [-0.25, -0.2) is 0 Å². The van der Waals surface area contributed by atoms with E-state index in [1.807, 2.05) is 0 Å². The van der Waals surface area contributed by atoms with E-state index < -0.39 is 0 Å². The maximum Gasteiger partial charge on any atom is 0.0578 e. The highest BCUT2D eigenvalue weighted by Crippen LogP contribution is 2.36. The summed E-state index contributed by atoms with van der Waals surface area (Å²) in [4.78, 5) is 0. The van der Waals surface area contributed by atoms with Crippen LogP contribution in [0.4, 0.5) is 0 Å². The summed E-state index contributed by atoms with van der Waals surface area (Å²) < 4.78 is 5.48. The second kappa shape index (κ2) is 1.98. The van der Waals surface area contributed by atoms with E-state index in [-0.39, 0.29) is 0 Å². The first-order chi connectivity index (χ1) is 4.04. The van der Waals surface area contributed by atoms with Crippen LogP contribution in [-0.4, -0.2) is 12.7 Å². The van der Waals surface area contributed by atoms with Gasteiger partial charge in [0, 0.05) is 0 Å². The van der Waals surface area contributed by atoms with E-state index in [1.165, 1.54) is 0 Å². The standard InChI is InChI=1S/C8H16O/c1-6-7(2)9-5-8(6,3)4/h6-7H,5H2,1-4H3/t6-,7-/m1/s1. The fourth-order valence-corrected chi connectivity index (χ4v) is 1.26. The van der Waals surface area contributed by atoms with Gasteiger partial charge in [-0.15, -0.1) is 0 Å². The molecule has 0 aromatic rings. The first-order valence-electron chi connectivity index (χ1n) is 3.65. The minimum absolute atomic E-state index is 0.402. The largest absolute Gasteiger partial charge is 0.378 e. The summed E-state index contributed by atoms with van der Waals surface area (Å²) in [6, 6.07) is 0. The molecular formula is C8H16O. The van der Waals surface area contributed by atoms with Crippen LogP contribution in [0.15, 0.2) is 0 Å². The molecule has 0 N–H and O–H groups in total. The van der Waals surface area contributed by atoms with Gasteiger partial charge < -0.3 is 4.74 Å². The van der Waals surface area contributed by atoms with Gasteiger partial charge in [-0.3, -0.25) is 0 Å². The molecule has 1 aliphatic rings. The second-order valence-corrected chi connectivity index (χ2v) is 3.79. The van der Waals surface area contributed by atoms with Gasteiger partial charge in [0.15, 0.2) is 0 Å². The summed E-state index contributed by atoms with van der Waals surface area (Å²) in [5.41, 5.74) is 0.402. The average Bonchev–Trinajstić information content (AvgIpc) is 1.97. The minimum Gasteiger partial charge on any atom is -0.378 e. The van der Waals surface area contributed by atoms with E-state index in [1.54, 1.807) is 0 Å². The molecule has 1 fully saturated rings. The Bertz CT molecular complexity index is 107. The van der Waals surface area contributed by atoms with Crippen molar-refractivity contribution in [3.8, 4) is 0 Å². The van der Waals surface area contributed by atoms with Gasteiger partial charge in [-0.2, -0.15) is 0 Å². The highest BCUT2D eigenvalue weighted by Gasteiger charge is 2.37. The molecule has 9 heavy (non-hydrogen) atoms. The molecule has 2 atom stereocenters. The second-order valence-electron chi connectivity index (χ2n) is 3.79. The highest BCUT2D eigenvalue weighted by molar-refractivity contribution is 4.84. The molecular weight excluding hydrogens is 112 g/mol. The lowest BCUT2D eigenvalue weighted by atomic mass is 9.81. The predicted octanol–water partition coefficient (Wildman–Crippen LogP) is 2.07. The molecule has 0 aliphatic carbocycles. The topological polar surface area (TPSA) is 9.23 Å². The number of hydrogen-bond acceptors (Lipinski definition) is 1. The van der Waals surface area contributed by atoms with Gasteiger partial charge in [0.2, 0.25) is 0 Å². The molecule has 1 nitrogen and oxygen atoms in total. The Morgan fingerprint density at radius 3 is 2.00 bits per heavy atom. The monoisotopic (exact) mass is 128 g/mol. The maximum atomic E-state index is 5.48. The molecule has 0 amide bonds. The van der Waals surface area contributed by atoms with Crippen molar-refractivity contribution in [3.63, 3.8) is 0 Å². The molecule has 0 aromatic carbocycles. The van der Waals surface area contributed by atoms with Crippen molar-refractivity contribution in [2.24, 2.45) is 11.3 Å². The lowest BCUT2D eigenvalue weighted by Gasteiger charge is -2.21. The van der Waals surface area contributed by atoms with Crippen LogP contribution in [0.3, 0.4) is 0 Å². The van der Waals surface area contributed by atoms with E-state index in [2.05, 4.69) is 27.7 Å². The first kappa shape index (κ1) is 7.07. The van der Waals surface area contributed by atoms with E-state index >= 15 is 0 Å². The normalized spacial score (nSPS) is 41.3. The Morgan fingerprint density at radius 1 is 1.33 bits per heavy atom. The zero-order valence-corrected chi connectivity index (χ0v) is 6.77. The summed E-state index contributed by atoms with van der Waals surface area (Å²) >= 11 is 0. The van der Waals surface area contributed by atoms with Crippen molar-refractivity contribution in [1.82, 2.24) is 0 Å². The van der Waals surface area contributed by atoms with Crippen LogP contribution in [0.25, 0.3) is 0 Å². The Hall–Kier alpha value is -0.0400. The van der Waals surface area contributed by atoms with Gasteiger partial charge in [0.25, 0.3) is 0 Å². The van der Waals surface area contributed by atoms with E-state index in [4.69, 9.17) is 4.74 Å². The van der Waals surface area contributed by atoms with Crippen molar-refractivity contribution < 1.29 is 4.74 Å². The Balaban J connectivity index is 2.62. The molecule has 1 aliphatic heterocycles. The maximum absolute atomic E-state index is 5.48. The van der Waals surface area contributed by atoms with E-state index in [9.17, 15) is 0 Å². The van der Waals surface area contributed by atoms with Crippen LogP contribution in [0.1, 0.15) is 27.7 Å². The molecule has 0 spiro atoms. The van der Waals surface area contributed by atoms with Crippen molar-refractivity contribution in [1.29, 1.82) is 0 Å². The predicted molar refractivity (Wildman–Crippen MR) is 38.4 cm³/mol. The quantitative estimate of drug-likeness (QED) is 0.485. The fraction of sp³-hybridized carbons (Fsp3) is 1.00. The zero-order chi connectivity index (χ0) is 7.07. The van der Waals surface area contributed by atoms with Crippen LogP contribution >= 0.6 is 0 Å². The van der Waals surface area contributed by atoms with E-state index in [0.717, 1.165) is 6.61 Å². The fourth-order valence-electron chi connectivity index (χ4n) is 1.26. The molecule has 1 rings (SSSR count). The van der Waals surface area contributed by atoms with Crippen molar-refractivity contribution in [2.45, 2.75) is 33.8 Å². The van der Waals surface area contributed by atoms with Crippen molar-refractivity contribution in [3.05, 3.63) is 0 Å². The molecule has 0 unspecified atom stereocenters. The summed E-state index contributed by atoms with van der Waals surface area (Å²) in [7, 11) is 0. The lowest BCUT2D eigenvalue weighted by Crippen LogP contribution is -2.21. The summed E-state index contributed by atoms with van der Waals surface area (Å²) in [5.74, 6) is 0.706. The molecule has 1 saturated heterocycles. The molecule has 0 saturated carbocycles. The molecule has 54 valence electrons. The smallest absolute Gasteiger partial charge is 0.0578 e. The van der Waals surface area contributed by atoms with Crippen LogP contribution in [0.2, 0.25) is 0 Å². The number of rotatable bonds is 0. The SMILES string of the molecule is C[C@@H]1[C@@H](C)OCC1(C)C. The van der Waals surface area contributed by atoms with Crippen LogP contribution < -0.4 is 0 Å². The molecule has 1 heteroatoms. The average molecular weight is 128 g/mol. The molecule has 0 radical (unpaired) electrons. The minimum atomic E-state index is 0.402. The Labute approximate surface area is 57.4 Å². The van der Waals surface area contributed by atoms with Crippen LogP contribution in [0.5, 0.6) is 0 Å². The number of ether oxygens (including phenoxy) is 1. The number of hydrogen-bond donors (Lipinski definition) is 0. The summed E-state index contributed by atoms with van der Waals surface area (Å²) in [6.45, 7) is 9.87. The van der Waals surface area contributed by atoms with Gasteiger partial charge in [-0.05, 0) is 18.3 Å². The Morgan fingerprint density at radius 2 is 1.89 bits per heavy atom. The molecule has 1 heterocycles. The lowest BCUT2D eigenvalue weighted by molar-refractivity contribution is 0.105. The van der Waals surface area contributed by atoms with Crippen molar-refractivity contribution >= 4 is 0 Å². The molecule has 0 bridgehead atoms. The van der Waals surface area contributed by atoms with Crippen LogP contribution in [-0.2, 0) is 4.74 Å². The Kier molecular flexibility index (Phi) is 1.55. The van der Waals surface area contributed by atoms with Gasteiger partial charge >= 0.3 is 0 Å². The third kappa shape index (κ3) is 1.11.